The second-order valence-electron chi connectivity index (χ2n) is 7.85. The minimum atomic E-state index is -0.975. The van der Waals surface area contributed by atoms with Crippen LogP contribution >= 0.6 is 0 Å². The summed E-state index contributed by atoms with van der Waals surface area (Å²) in [6.07, 6.45) is -0.113. The van der Waals surface area contributed by atoms with E-state index in [1.54, 1.807) is 6.92 Å². The molecule has 164 valence electrons. The molecule has 0 saturated heterocycles. The summed E-state index contributed by atoms with van der Waals surface area (Å²) in [5.41, 5.74) is 4.59. The maximum Gasteiger partial charge on any atom is 0.407 e. The van der Waals surface area contributed by atoms with E-state index >= 15 is 0 Å². The molecule has 2 atom stereocenters. The number of carbonyl (C=O) groups is 3. The average molecular weight is 424 g/mol. The van der Waals surface area contributed by atoms with Crippen molar-refractivity contribution in [2.24, 2.45) is 0 Å². The molecule has 0 heterocycles. The highest BCUT2D eigenvalue weighted by molar-refractivity contribution is 5.80. The first kappa shape index (κ1) is 22.3. The van der Waals surface area contributed by atoms with Crippen molar-refractivity contribution < 1.29 is 24.2 Å². The summed E-state index contributed by atoms with van der Waals surface area (Å²) in [4.78, 5) is 35.3. The van der Waals surface area contributed by atoms with E-state index in [-0.39, 0.29) is 31.3 Å². The van der Waals surface area contributed by atoms with Crippen LogP contribution in [0, 0.1) is 0 Å². The van der Waals surface area contributed by atoms with Gasteiger partial charge in [0.1, 0.15) is 6.61 Å². The normalized spacial score (nSPS) is 14.1. The van der Waals surface area contributed by atoms with E-state index in [0.717, 1.165) is 22.3 Å². The Morgan fingerprint density at radius 1 is 0.968 bits per heavy atom. The zero-order chi connectivity index (χ0) is 22.4. The molecule has 0 aromatic heterocycles. The quantitative estimate of drug-likeness (QED) is 0.570. The van der Waals surface area contributed by atoms with Gasteiger partial charge < -0.3 is 20.5 Å². The van der Waals surface area contributed by atoms with Crippen LogP contribution < -0.4 is 10.6 Å². The molecule has 0 aliphatic heterocycles. The summed E-state index contributed by atoms with van der Waals surface area (Å²) >= 11 is 0. The second-order valence-corrected chi connectivity index (χ2v) is 7.85. The lowest BCUT2D eigenvalue weighted by atomic mass is 9.98. The van der Waals surface area contributed by atoms with Gasteiger partial charge in [0.05, 0.1) is 6.42 Å². The van der Waals surface area contributed by atoms with Crippen LogP contribution in [-0.2, 0) is 14.3 Å². The summed E-state index contributed by atoms with van der Waals surface area (Å²) in [6.45, 7) is 3.70. The Kier molecular flexibility index (Phi) is 7.28. The van der Waals surface area contributed by atoms with Gasteiger partial charge in [-0.3, -0.25) is 9.59 Å². The highest BCUT2D eigenvalue weighted by Gasteiger charge is 2.29. The van der Waals surface area contributed by atoms with Gasteiger partial charge in [0, 0.05) is 24.4 Å². The lowest BCUT2D eigenvalue weighted by molar-refractivity contribution is -0.137. The molecule has 0 saturated carbocycles. The predicted octanol–water partition coefficient (Wildman–Crippen LogP) is 3.67. The van der Waals surface area contributed by atoms with E-state index in [2.05, 4.69) is 34.9 Å². The number of ether oxygens (including phenoxy) is 1. The molecule has 0 bridgehead atoms. The molecule has 0 fully saturated rings. The maximum absolute atomic E-state index is 12.4. The number of hydrogen-bond donors (Lipinski definition) is 3. The number of fused-ring (bicyclic) bond motifs is 3. The molecule has 0 unspecified atom stereocenters. The van der Waals surface area contributed by atoms with Crippen molar-refractivity contribution in [3.63, 3.8) is 0 Å². The smallest absolute Gasteiger partial charge is 0.407 e. The van der Waals surface area contributed by atoms with Gasteiger partial charge in [-0.2, -0.15) is 0 Å². The lowest BCUT2D eigenvalue weighted by Gasteiger charge is -2.19. The molecule has 3 rings (SSSR count). The van der Waals surface area contributed by atoms with Gasteiger partial charge in [-0.05, 0) is 35.6 Å². The van der Waals surface area contributed by atoms with Crippen LogP contribution in [0.25, 0.3) is 11.1 Å². The number of carboxylic acids is 1. The third-order valence-electron chi connectivity index (χ3n) is 5.48. The average Bonchev–Trinajstić information content (AvgIpc) is 3.05. The Bertz CT molecular complexity index is 913. The number of benzene rings is 2. The van der Waals surface area contributed by atoms with Gasteiger partial charge in [-0.25, -0.2) is 4.79 Å². The van der Waals surface area contributed by atoms with Crippen molar-refractivity contribution in [3.05, 3.63) is 59.7 Å². The van der Waals surface area contributed by atoms with E-state index in [1.807, 2.05) is 31.2 Å². The minimum Gasteiger partial charge on any atom is -0.481 e. The first-order valence-corrected chi connectivity index (χ1v) is 10.5. The first-order chi connectivity index (χ1) is 14.9. The topological polar surface area (TPSA) is 105 Å². The van der Waals surface area contributed by atoms with Gasteiger partial charge in [0.25, 0.3) is 0 Å². The fourth-order valence-corrected chi connectivity index (χ4v) is 3.97. The first-order valence-electron chi connectivity index (χ1n) is 10.5. The standard InChI is InChI=1S/C24H28N2O5/c1-3-16(13-22(27)25-15(2)12-23(28)29)26-24(30)31-14-21-19-10-6-4-8-17(19)18-9-5-7-11-20(18)21/h4-11,15-16,21H,3,12-14H2,1-2H3,(H,25,27)(H,26,30)(H,28,29)/t15-,16-/m0/s1. The van der Waals surface area contributed by atoms with E-state index in [9.17, 15) is 14.4 Å². The number of carboxylic acid groups (broad SMARTS) is 1. The molecule has 2 amide bonds. The maximum atomic E-state index is 12.4. The van der Waals surface area contributed by atoms with E-state index in [1.165, 1.54) is 0 Å². The van der Waals surface area contributed by atoms with Gasteiger partial charge in [0.15, 0.2) is 0 Å². The monoisotopic (exact) mass is 424 g/mol. The third kappa shape index (κ3) is 5.63. The van der Waals surface area contributed by atoms with Crippen LogP contribution in [-0.4, -0.2) is 41.8 Å². The number of hydrogen-bond acceptors (Lipinski definition) is 4. The fraction of sp³-hybridized carbons (Fsp3) is 0.375. The third-order valence-corrected chi connectivity index (χ3v) is 5.48. The molecular weight excluding hydrogens is 396 g/mol. The Morgan fingerprint density at radius 3 is 2.10 bits per heavy atom. The van der Waals surface area contributed by atoms with Crippen molar-refractivity contribution in [1.82, 2.24) is 10.6 Å². The summed E-state index contributed by atoms with van der Waals surface area (Å²) in [5, 5.41) is 14.2. The molecule has 7 nitrogen and oxygen atoms in total. The molecule has 2 aromatic rings. The lowest BCUT2D eigenvalue weighted by Crippen LogP contribution is -2.41. The molecule has 0 radical (unpaired) electrons. The Labute approximate surface area is 181 Å². The Balaban J connectivity index is 1.55. The highest BCUT2D eigenvalue weighted by Crippen LogP contribution is 2.44. The molecule has 2 aromatic carbocycles. The molecule has 31 heavy (non-hydrogen) atoms. The summed E-state index contributed by atoms with van der Waals surface area (Å²) in [6, 6.07) is 15.3. The molecule has 0 spiro atoms. The van der Waals surface area contributed by atoms with E-state index in [0.29, 0.717) is 6.42 Å². The Hall–Kier alpha value is -3.35. The number of amides is 2. The molecule has 1 aliphatic rings. The van der Waals surface area contributed by atoms with Gasteiger partial charge in [0.2, 0.25) is 5.91 Å². The van der Waals surface area contributed by atoms with Crippen molar-refractivity contribution in [1.29, 1.82) is 0 Å². The molecule has 1 aliphatic carbocycles. The van der Waals surface area contributed by atoms with Crippen LogP contribution in [0.5, 0.6) is 0 Å². The zero-order valence-corrected chi connectivity index (χ0v) is 17.8. The Morgan fingerprint density at radius 2 is 1.55 bits per heavy atom. The van der Waals surface area contributed by atoms with E-state index < -0.39 is 24.1 Å². The SMILES string of the molecule is CC[C@@H](CC(=O)N[C@@H](C)CC(=O)O)NC(=O)OCC1c2ccccc2-c2ccccc21. The number of carbonyl (C=O) groups excluding carboxylic acids is 2. The van der Waals surface area contributed by atoms with Crippen molar-refractivity contribution in [2.45, 2.75) is 51.1 Å². The predicted molar refractivity (Wildman–Crippen MR) is 117 cm³/mol. The molecular formula is C24H28N2O5. The van der Waals surface area contributed by atoms with Crippen LogP contribution in [0.1, 0.15) is 50.2 Å². The number of nitrogens with one attached hydrogen (secondary N) is 2. The van der Waals surface area contributed by atoms with Gasteiger partial charge >= 0.3 is 12.1 Å². The van der Waals surface area contributed by atoms with Crippen molar-refractivity contribution in [3.8, 4) is 11.1 Å². The summed E-state index contributed by atoms with van der Waals surface area (Å²) in [5.74, 6) is -1.31. The van der Waals surface area contributed by atoms with Crippen LogP contribution in [0.4, 0.5) is 4.79 Å². The van der Waals surface area contributed by atoms with Gasteiger partial charge in [-0.1, -0.05) is 55.5 Å². The second kappa shape index (κ2) is 10.1. The van der Waals surface area contributed by atoms with Crippen molar-refractivity contribution in [2.75, 3.05) is 6.61 Å². The molecule has 7 heteroatoms. The molecule has 3 N–H and O–H groups in total. The zero-order valence-electron chi connectivity index (χ0n) is 17.8. The van der Waals surface area contributed by atoms with Gasteiger partial charge in [-0.15, -0.1) is 0 Å². The van der Waals surface area contributed by atoms with E-state index in [4.69, 9.17) is 9.84 Å². The number of alkyl carbamates (subject to hydrolysis) is 1. The number of rotatable bonds is 9. The number of aliphatic carboxylic acids is 1. The summed E-state index contributed by atoms with van der Waals surface area (Å²) < 4.78 is 5.53. The van der Waals surface area contributed by atoms with Crippen LogP contribution in [0.2, 0.25) is 0 Å². The summed E-state index contributed by atoms with van der Waals surface area (Å²) in [7, 11) is 0. The largest absolute Gasteiger partial charge is 0.481 e. The van der Waals surface area contributed by atoms with Crippen molar-refractivity contribution >= 4 is 18.0 Å². The minimum absolute atomic E-state index is 0.0293. The fourth-order valence-electron chi connectivity index (χ4n) is 3.97. The van der Waals surface area contributed by atoms with Crippen LogP contribution in [0.15, 0.2) is 48.5 Å². The van der Waals surface area contributed by atoms with Crippen LogP contribution in [0.3, 0.4) is 0 Å². The highest BCUT2D eigenvalue weighted by atomic mass is 16.5.